The van der Waals surface area contributed by atoms with Gasteiger partial charge in [0, 0.05) is 44.6 Å². The number of benzene rings is 3. The fraction of sp³-hybridized carbons (Fsp3) is 0.167. The molecule has 1 saturated heterocycles. The van der Waals surface area contributed by atoms with E-state index < -0.39 is 0 Å². The van der Waals surface area contributed by atoms with Crippen LogP contribution in [-0.4, -0.2) is 52.8 Å². The van der Waals surface area contributed by atoms with Crippen molar-refractivity contribution in [1.29, 1.82) is 0 Å². The van der Waals surface area contributed by atoms with E-state index >= 15 is 0 Å². The number of nitrogens with one attached hydrogen (secondary N) is 1. The highest BCUT2D eigenvalue weighted by Gasteiger charge is 2.23. The Hall–Kier alpha value is -4.36. The molecule has 1 aromatic heterocycles. The number of carbonyl (C=O) groups is 2. The monoisotopic (exact) mass is 494 g/mol. The Labute approximate surface area is 215 Å². The van der Waals surface area contributed by atoms with Gasteiger partial charge >= 0.3 is 0 Å². The van der Waals surface area contributed by atoms with Crippen molar-refractivity contribution < 1.29 is 14.0 Å². The second kappa shape index (κ2) is 11.1. The number of hydrogen-bond acceptors (Lipinski definition) is 4. The van der Waals surface area contributed by atoms with E-state index in [-0.39, 0.29) is 23.3 Å². The number of piperazine rings is 1. The van der Waals surface area contributed by atoms with Crippen molar-refractivity contribution in [3.63, 3.8) is 0 Å². The van der Waals surface area contributed by atoms with Crippen molar-refractivity contribution in [1.82, 2.24) is 14.8 Å². The Bertz CT molecular complexity index is 1370. The van der Waals surface area contributed by atoms with Crippen LogP contribution in [0.4, 0.5) is 10.1 Å². The number of carbonyl (C=O) groups excluding carboxylic acids is 2. The molecule has 0 saturated carbocycles. The van der Waals surface area contributed by atoms with Crippen LogP contribution in [0.5, 0.6) is 0 Å². The minimum Gasteiger partial charge on any atom is -0.336 e. The molecule has 0 bridgehead atoms. The van der Waals surface area contributed by atoms with Crippen molar-refractivity contribution in [2.45, 2.75) is 6.54 Å². The third kappa shape index (κ3) is 6.08. The number of aromatic nitrogens is 1. The molecule has 1 fully saturated rings. The number of pyridine rings is 1. The van der Waals surface area contributed by atoms with Gasteiger partial charge in [0.1, 0.15) is 11.5 Å². The molecule has 186 valence electrons. The molecule has 2 heterocycles. The topological polar surface area (TPSA) is 65.5 Å². The van der Waals surface area contributed by atoms with E-state index in [0.29, 0.717) is 24.3 Å². The molecule has 1 aliphatic rings. The van der Waals surface area contributed by atoms with E-state index in [1.807, 2.05) is 54.6 Å². The van der Waals surface area contributed by atoms with Crippen LogP contribution in [0, 0.1) is 5.82 Å². The van der Waals surface area contributed by atoms with Crippen LogP contribution in [0.3, 0.4) is 0 Å². The minimum atomic E-state index is -0.335. The fourth-order valence-electron chi connectivity index (χ4n) is 4.40. The minimum absolute atomic E-state index is 0.101. The Kier molecular flexibility index (Phi) is 7.33. The molecule has 37 heavy (non-hydrogen) atoms. The van der Waals surface area contributed by atoms with E-state index in [4.69, 9.17) is 0 Å². The number of anilines is 1. The van der Waals surface area contributed by atoms with Crippen LogP contribution >= 0.6 is 0 Å². The number of hydrogen-bond donors (Lipinski definition) is 1. The molecule has 0 unspecified atom stereocenters. The van der Waals surface area contributed by atoms with Crippen LogP contribution in [0.2, 0.25) is 0 Å². The Balaban J connectivity index is 1.16. The first-order valence-corrected chi connectivity index (χ1v) is 12.2. The maximum Gasteiger partial charge on any atom is 0.274 e. The molecule has 5 rings (SSSR count). The summed E-state index contributed by atoms with van der Waals surface area (Å²) >= 11 is 0. The SMILES string of the molecule is O=C(Nc1cccc(-c2ccccc2)c1)c1ccc(C(=O)N2CCN(Cc3ccc(F)cc3)CC2)cn1. The number of rotatable bonds is 6. The lowest BCUT2D eigenvalue weighted by Crippen LogP contribution is -2.48. The van der Waals surface area contributed by atoms with Crippen molar-refractivity contribution in [3.05, 3.63) is 120 Å². The smallest absolute Gasteiger partial charge is 0.274 e. The quantitative estimate of drug-likeness (QED) is 0.405. The largest absolute Gasteiger partial charge is 0.336 e. The summed E-state index contributed by atoms with van der Waals surface area (Å²) in [7, 11) is 0. The summed E-state index contributed by atoms with van der Waals surface area (Å²) in [6, 6.07) is 27.3. The summed E-state index contributed by atoms with van der Waals surface area (Å²) in [6.45, 7) is 3.39. The lowest BCUT2D eigenvalue weighted by molar-refractivity contribution is 0.0627. The van der Waals surface area contributed by atoms with Crippen molar-refractivity contribution in [2.75, 3.05) is 31.5 Å². The molecule has 0 aliphatic carbocycles. The molecule has 0 atom stereocenters. The van der Waals surface area contributed by atoms with Crippen LogP contribution in [-0.2, 0) is 6.54 Å². The first-order valence-electron chi connectivity index (χ1n) is 12.2. The van der Waals surface area contributed by atoms with E-state index in [1.165, 1.54) is 18.3 Å². The van der Waals surface area contributed by atoms with Gasteiger partial charge in [0.2, 0.25) is 0 Å². The van der Waals surface area contributed by atoms with Gasteiger partial charge in [0.15, 0.2) is 0 Å². The summed E-state index contributed by atoms with van der Waals surface area (Å²) in [5, 5.41) is 2.89. The maximum absolute atomic E-state index is 13.1. The lowest BCUT2D eigenvalue weighted by atomic mass is 10.1. The molecule has 0 spiro atoms. The second-order valence-corrected chi connectivity index (χ2v) is 9.03. The highest BCUT2D eigenvalue weighted by Crippen LogP contribution is 2.22. The normalized spacial score (nSPS) is 13.8. The zero-order valence-corrected chi connectivity index (χ0v) is 20.3. The average molecular weight is 495 g/mol. The number of halogens is 1. The summed E-state index contributed by atoms with van der Waals surface area (Å²) in [4.78, 5) is 34.0. The van der Waals surface area contributed by atoms with Gasteiger partial charge in [0.25, 0.3) is 11.8 Å². The Morgan fingerprint density at radius 2 is 1.54 bits per heavy atom. The highest BCUT2D eigenvalue weighted by molar-refractivity contribution is 6.03. The van der Waals surface area contributed by atoms with Crippen LogP contribution in [0.25, 0.3) is 11.1 Å². The number of nitrogens with zero attached hydrogens (tertiary/aromatic N) is 3. The third-order valence-electron chi connectivity index (χ3n) is 6.45. The Morgan fingerprint density at radius 3 is 2.24 bits per heavy atom. The first kappa shape index (κ1) is 24.3. The van der Waals surface area contributed by atoms with Crippen LogP contribution < -0.4 is 5.32 Å². The van der Waals surface area contributed by atoms with Gasteiger partial charge in [-0.05, 0) is 53.1 Å². The standard InChI is InChI=1S/C30H27FN4O2/c31-26-12-9-22(10-13-26)21-34-15-17-35(18-16-34)30(37)25-11-14-28(32-20-25)29(36)33-27-8-4-7-24(19-27)23-5-2-1-3-6-23/h1-14,19-20H,15-18,21H2,(H,33,36). The van der Waals surface area contributed by atoms with Gasteiger partial charge in [-0.1, -0.05) is 54.6 Å². The highest BCUT2D eigenvalue weighted by atomic mass is 19.1. The molecule has 6 nitrogen and oxygen atoms in total. The van der Waals surface area contributed by atoms with Gasteiger partial charge in [-0.2, -0.15) is 0 Å². The van der Waals surface area contributed by atoms with Gasteiger partial charge in [-0.3, -0.25) is 19.5 Å². The third-order valence-corrected chi connectivity index (χ3v) is 6.45. The van der Waals surface area contributed by atoms with Gasteiger partial charge in [-0.15, -0.1) is 0 Å². The van der Waals surface area contributed by atoms with Crippen LogP contribution in [0.1, 0.15) is 26.4 Å². The first-order chi connectivity index (χ1) is 18.0. The molecular weight excluding hydrogens is 467 g/mol. The summed E-state index contributed by atoms with van der Waals surface area (Å²) in [5.74, 6) is -0.677. The molecule has 0 radical (unpaired) electrons. The summed E-state index contributed by atoms with van der Waals surface area (Å²) < 4.78 is 13.1. The van der Waals surface area contributed by atoms with Gasteiger partial charge in [0.05, 0.1) is 5.56 Å². The Morgan fingerprint density at radius 1 is 0.811 bits per heavy atom. The van der Waals surface area contributed by atoms with Gasteiger partial charge in [-0.25, -0.2) is 4.39 Å². The maximum atomic E-state index is 13.1. The molecule has 4 aromatic rings. The van der Waals surface area contributed by atoms with E-state index in [1.54, 1.807) is 29.2 Å². The van der Waals surface area contributed by atoms with E-state index in [0.717, 1.165) is 36.3 Å². The molecule has 2 amide bonds. The summed E-state index contributed by atoms with van der Waals surface area (Å²) in [6.07, 6.45) is 1.46. The molecule has 1 aliphatic heterocycles. The molecule has 1 N–H and O–H groups in total. The van der Waals surface area contributed by atoms with E-state index in [9.17, 15) is 14.0 Å². The van der Waals surface area contributed by atoms with Crippen molar-refractivity contribution >= 4 is 17.5 Å². The average Bonchev–Trinajstić information content (AvgIpc) is 2.95. The molecular formula is C30H27FN4O2. The van der Waals surface area contributed by atoms with Crippen LogP contribution in [0.15, 0.2) is 97.2 Å². The lowest BCUT2D eigenvalue weighted by Gasteiger charge is -2.34. The number of amides is 2. The van der Waals surface area contributed by atoms with Gasteiger partial charge < -0.3 is 10.2 Å². The zero-order chi connectivity index (χ0) is 25.6. The second-order valence-electron chi connectivity index (χ2n) is 9.03. The van der Waals surface area contributed by atoms with Crippen molar-refractivity contribution in [2.24, 2.45) is 0 Å². The van der Waals surface area contributed by atoms with Crippen molar-refractivity contribution in [3.8, 4) is 11.1 Å². The predicted octanol–water partition coefficient (Wildman–Crippen LogP) is 5.10. The predicted molar refractivity (Wildman–Crippen MR) is 142 cm³/mol. The zero-order valence-electron chi connectivity index (χ0n) is 20.3. The molecule has 7 heteroatoms. The van der Waals surface area contributed by atoms with E-state index in [2.05, 4.69) is 15.2 Å². The summed E-state index contributed by atoms with van der Waals surface area (Å²) in [5.41, 5.74) is 4.49. The fourth-order valence-corrected chi connectivity index (χ4v) is 4.40. The molecule has 3 aromatic carbocycles.